The van der Waals surface area contributed by atoms with Gasteiger partial charge in [-0.05, 0) is 18.8 Å². The Labute approximate surface area is 104 Å². The Morgan fingerprint density at radius 2 is 2.06 bits per heavy atom. The normalized spacial score (nSPS) is 47.6. The van der Waals surface area contributed by atoms with Crippen molar-refractivity contribution in [3.05, 3.63) is 0 Å². The largest absolute Gasteiger partial charge is 0.298 e. The fraction of sp³-hybridized carbons (Fsp3) is 0.900. The van der Waals surface area contributed by atoms with E-state index in [1.54, 1.807) is 6.92 Å². The molecule has 0 aromatic rings. The summed E-state index contributed by atoms with van der Waals surface area (Å²) in [5.74, 6) is -0.239. The second-order valence-electron chi connectivity index (χ2n) is 5.39. The number of carbonyl (C=O) groups excluding carboxylic acids is 1. The second-order valence-corrected chi connectivity index (χ2v) is 7.83. The van der Waals surface area contributed by atoms with Gasteiger partial charge in [-0.1, -0.05) is 29.8 Å². The fourth-order valence-corrected chi connectivity index (χ4v) is 6.11. The highest BCUT2D eigenvalue weighted by atomic mass is 79.9. The molecule has 0 aliphatic heterocycles. The molecule has 0 radical (unpaired) electrons. The molecule has 1 N–H and O–H groups in total. The molecule has 16 heavy (non-hydrogen) atoms. The predicted octanol–water partition coefficient (Wildman–Crippen LogP) is 1.64. The van der Waals surface area contributed by atoms with Crippen molar-refractivity contribution in [3.63, 3.8) is 0 Å². The van der Waals surface area contributed by atoms with Crippen LogP contribution in [-0.4, -0.2) is 29.3 Å². The third-order valence-corrected chi connectivity index (χ3v) is 6.68. The van der Waals surface area contributed by atoms with E-state index >= 15 is 0 Å². The van der Waals surface area contributed by atoms with Gasteiger partial charge in [-0.15, -0.1) is 0 Å². The van der Waals surface area contributed by atoms with E-state index < -0.39 is 20.9 Å². The average molecular weight is 311 g/mol. The van der Waals surface area contributed by atoms with Crippen LogP contribution in [0, 0.1) is 16.7 Å². The SMILES string of the molecule is CC1(CS(=O)(=O)O)C2CC[C@]1(C)C(=O)[C@@H]2Br. The Morgan fingerprint density at radius 1 is 1.50 bits per heavy atom. The molecule has 0 aromatic carbocycles. The Bertz CT molecular complexity index is 446. The molecule has 0 spiro atoms. The molecular weight excluding hydrogens is 296 g/mol. The first-order chi connectivity index (χ1) is 7.12. The van der Waals surface area contributed by atoms with Crippen LogP contribution in [0.2, 0.25) is 0 Å². The van der Waals surface area contributed by atoms with Crippen molar-refractivity contribution in [2.24, 2.45) is 16.7 Å². The molecule has 2 bridgehead atoms. The molecule has 0 amide bonds. The lowest BCUT2D eigenvalue weighted by Gasteiger charge is -2.35. The molecule has 2 fully saturated rings. The summed E-state index contributed by atoms with van der Waals surface area (Å²) in [6.45, 7) is 3.62. The molecule has 4 atom stereocenters. The maximum absolute atomic E-state index is 12.1. The summed E-state index contributed by atoms with van der Waals surface area (Å²) < 4.78 is 31.2. The Hall–Kier alpha value is 0.0600. The van der Waals surface area contributed by atoms with Crippen LogP contribution in [0.4, 0.5) is 0 Å². The summed E-state index contributed by atoms with van der Waals surface area (Å²) in [4.78, 5) is 11.8. The van der Waals surface area contributed by atoms with Crippen LogP contribution in [0.5, 0.6) is 0 Å². The van der Waals surface area contributed by atoms with Crippen LogP contribution in [0.25, 0.3) is 0 Å². The van der Waals surface area contributed by atoms with Gasteiger partial charge in [-0.25, -0.2) is 0 Å². The first-order valence-corrected chi connectivity index (χ1v) is 7.78. The van der Waals surface area contributed by atoms with Crippen molar-refractivity contribution in [2.45, 2.75) is 31.5 Å². The van der Waals surface area contributed by atoms with E-state index in [4.69, 9.17) is 4.55 Å². The first kappa shape index (κ1) is 12.5. The topological polar surface area (TPSA) is 71.4 Å². The van der Waals surface area contributed by atoms with E-state index in [-0.39, 0.29) is 22.3 Å². The minimum Gasteiger partial charge on any atom is -0.298 e. The zero-order chi connectivity index (χ0) is 12.4. The van der Waals surface area contributed by atoms with Crippen molar-refractivity contribution in [1.29, 1.82) is 0 Å². The van der Waals surface area contributed by atoms with Crippen molar-refractivity contribution in [3.8, 4) is 0 Å². The second kappa shape index (κ2) is 3.29. The first-order valence-electron chi connectivity index (χ1n) is 5.25. The molecule has 92 valence electrons. The van der Waals surface area contributed by atoms with Crippen molar-refractivity contribution in [2.75, 3.05) is 5.75 Å². The summed E-state index contributed by atoms with van der Waals surface area (Å²) in [6, 6.07) is 0. The third kappa shape index (κ3) is 1.42. The minimum atomic E-state index is -4.05. The van der Waals surface area contributed by atoms with E-state index in [1.807, 2.05) is 6.92 Å². The van der Waals surface area contributed by atoms with Gasteiger partial charge in [0.1, 0.15) is 0 Å². The maximum Gasteiger partial charge on any atom is 0.265 e. The van der Waals surface area contributed by atoms with Gasteiger partial charge in [-0.2, -0.15) is 8.42 Å². The Kier molecular flexibility index (Phi) is 2.58. The van der Waals surface area contributed by atoms with E-state index in [0.717, 1.165) is 6.42 Å². The summed E-state index contributed by atoms with van der Waals surface area (Å²) in [7, 11) is -4.05. The molecule has 2 rings (SSSR count). The third-order valence-electron chi connectivity index (χ3n) is 4.66. The van der Waals surface area contributed by atoms with Gasteiger partial charge < -0.3 is 0 Å². The zero-order valence-corrected chi connectivity index (χ0v) is 11.6. The summed E-state index contributed by atoms with van der Waals surface area (Å²) in [5, 5.41) is 0. The van der Waals surface area contributed by atoms with Gasteiger partial charge in [0.25, 0.3) is 10.1 Å². The number of fused-ring (bicyclic) bond motifs is 2. The van der Waals surface area contributed by atoms with Crippen LogP contribution in [0.3, 0.4) is 0 Å². The molecule has 0 heterocycles. The molecule has 4 nitrogen and oxygen atoms in total. The van der Waals surface area contributed by atoms with Crippen LogP contribution < -0.4 is 0 Å². The van der Waals surface area contributed by atoms with Crippen LogP contribution in [0.15, 0.2) is 0 Å². The molecule has 0 aromatic heterocycles. The van der Waals surface area contributed by atoms with E-state index in [0.29, 0.717) is 6.42 Å². The zero-order valence-electron chi connectivity index (χ0n) is 9.23. The number of hydrogen-bond acceptors (Lipinski definition) is 3. The molecule has 0 saturated heterocycles. The minimum absolute atomic E-state index is 0.00641. The van der Waals surface area contributed by atoms with Crippen LogP contribution >= 0.6 is 15.9 Å². The number of carbonyl (C=O) groups is 1. The molecule has 2 unspecified atom stereocenters. The molecular formula is C10H15BrO4S. The monoisotopic (exact) mass is 310 g/mol. The number of Topliss-reactive ketones (excluding diaryl/α,β-unsaturated/α-hetero) is 1. The summed E-state index contributed by atoms with van der Waals surface area (Å²) >= 11 is 3.35. The summed E-state index contributed by atoms with van der Waals surface area (Å²) in [6.07, 6.45) is 1.55. The Morgan fingerprint density at radius 3 is 2.44 bits per heavy atom. The summed E-state index contributed by atoms with van der Waals surface area (Å²) in [5.41, 5.74) is -1.27. The van der Waals surface area contributed by atoms with E-state index in [9.17, 15) is 13.2 Å². The predicted molar refractivity (Wildman–Crippen MR) is 63.1 cm³/mol. The number of hydrogen-bond donors (Lipinski definition) is 1. The average Bonchev–Trinajstić information content (AvgIpc) is 2.40. The van der Waals surface area contributed by atoms with E-state index in [1.165, 1.54) is 0 Å². The van der Waals surface area contributed by atoms with Gasteiger partial charge in [0.15, 0.2) is 5.78 Å². The van der Waals surface area contributed by atoms with Gasteiger partial charge in [-0.3, -0.25) is 9.35 Å². The Balaban J connectivity index is 2.47. The molecule has 6 heteroatoms. The lowest BCUT2D eigenvalue weighted by molar-refractivity contribution is -0.127. The maximum atomic E-state index is 12.1. The van der Waals surface area contributed by atoms with Crippen molar-refractivity contribution < 1.29 is 17.8 Å². The van der Waals surface area contributed by atoms with Gasteiger partial charge in [0.05, 0.1) is 10.6 Å². The fourth-order valence-electron chi connectivity index (χ4n) is 3.46. The lowest BCUT2D eigenvalue weighted by atomic mass is 9.70. The number of alkyl halides is 1. The van der Waals surface area contributed by atoms with Gasteiger partial charge in [0, 0.05) is 10.8 Å². The number of rotatable bonds is 2. The molecule has 2 saturated carbocycles. The highest BCUT2D eigenvalue weighted by Gasteiger charge is 2.68. The van der Waals surface area contributed by atoms with Gasteiger partial charge in [0.2, 0.25) is 0 Å². The van der Waals surface area contributed by atoms with Crippen molar-refractivity contribution >= 4 is 31.8 Å². The van der Waals surface area contributed by atoms with Crippen LogP contribution in [-0.2, 0) is 14.9 Å². The molecule has 2 aliphatic carbocycles. The highest BCUT2D eigenvalue weighted by Crippen LogP contribution is 2.65. The lowest BCUT2D eigenvalue weighted by Crippen LogP contribution is -2.40. The molecule has 2 aliphatic rings. The number of ketones is 1. The van der Waals surface area contributed by atoms with Crippen LogP contribution in [0.1, 0.15) is 26.7 Å². The smallest absolute Gasteiger partial charge is 0.265 e. The highest BCUT2D eigenvalue weighted by molar-refractivity contribution is 9.10. The number of halogens is 1. The van der Waals surface area contributed by atoms with Gasteiger partial charge >= 0.3 is 0 Å². The standard InChI is InChI=1S/C10H15BrO4S/c1-9-4-3-6(7(11)8(9)12)10(9,2)5-16(13,14)15/h6-7H,3-5H2,1-2H3,(H,13,14,15)/t6?,7-,9-,10?/m1/s1. The van der Waals surface area contributed by atoms with Crippen molar-refractivity contribution in [1.82, 2.24) is 0 Å². The quantitative estimate of drug-likeness (QED) is 0.622. The van der Waals surface area contributed by atoms with E-state index in [2.05, 4.69) is 15.9 Å².